The van der Waals surface area contributed by atoms with Crippen LogP contribution in [0, 0.1) is 5.92 Å². The van der Waals surface area contributed by atoms with Gasteiger partial charge in [0.2, 0.25) is 5.91 Å². The molecule has 0 bridgehead atoms. The molecule has 0 spiro atoms. The molecule has 0 fully saturated rings. The van der Waals surface area contributed by atoms with Crippen LogP contribution in [-0.4, -0.2) is 12.1 Å². The summed E-state index contributed by atoms with van der Waals surface area (Å²) in [5, 5.41) is 0. The van der Waals surface area contributed by atoms with Gasteiger partial charge in [-0.2, -0.15) is 13.2 Å². The molecule has 0 aliphatic heterocycles. The van der Waals surface area contributed by atoms with Crippen molar-refractivity contribution in [2.24, 2.45) is 11.7 Å². The third-order valence-corrected chi connectivity index (χ3v) is 1.82. The van der Waals surface area contributed by atoms with Crippen LogP contribution in [0.1, 0.15) is 6.42 Å². The summed E-state index contributed by atoms with van der Waals surface area (Å²) in [6.07, 6.45) is -1.11. The number of allylic oxidation sites excluding steroid dienone is 3. The third kappa shape index (κ3) is 2.34. The first kappa shape index (κ1) is 9.83. The van der Waals surface area contributed by atoms with Crippen molar-refractivity contribution in [1.29, 1.82) is 0 Å². The summed E-state index contributed by atoms with van der Waals surface area (Å²) in [5.74, 6) is -2.38. The van der Waals surface area contributed by atoms with E-state index in [1.165, 1.54) is 12.2 Å². The number of amides is 1. The van der Waals surface area contributed by atoms with Gasteiger partial charge >= 0.3 is 6.18 Å². The first-order valence-electron chi connectivity index (χ1n) is 3.65. The van der Waals surface area contributed by atoms with Gasteiger partial charge < -0.3 is 5.73 Å². The molecular weight excluding hydrogens is 183 g/mol. The maximum atomic E-state index is 12.1. The molecule has 0 aromatic carbocycles. The van der Waals surface area contributed by atoms with E-state index in [0.717, 1.165) is 6.08 Å². The molecule has 0 unspecified atom stereocenters. The van der Waals surface area contributed by atoms with Gasteiger partial charge in [-0.15, -0.1) is 0 Å². The Balaban J connectivity index is 2.76. The first-order valence-corrected chi connectivity index (χ1v) is 3.65. The van der Waals surface area contributed by atoms with Gasteiger partial charge in [0.05, 0.1) is 5.92 Å². The Hall–Kier alpha value is -1.26. The highest BCUT2D eigenvalue weighted by molar-refractivity contribution is 5.92. The molecule has 72 valence electrons. The Morgan fingerprint density at radius 2 is 2.15 bits per heavy atom. The fraction of sp³-hybridized carbons (Fsp3) is 0.375. The van der Waals surface area contributed by atoms with Crippen molar-refractivity contribution >= 4 is 5.91 Å². The van der Waals surface area contributed by atoms with Crippen molar-refractivity contribution < 1.29 is 18.0 Å². The molecule has 1 rings (SSSR count). The van der Waals surface area contributed by atoms with Crippen LogP contribution < -0.4 is 5.73 Å². The van der Waals surface area contributed by atoms with E-state index in [2.05, 4.69) is 0 Å². The lowest BCUT2D eigenvalue weighted by molar-refractivity contribution is -0.161. The van der Waals surface area contributed by atoms with Crippen molar-refractivity contribution in [2.45, 2.75) is 12.6 Å². The standard InChI is InChI=1S/C8H8F3NO/c9-8(10,11)6-3-1-2-5(4-6)7(12)13/h1-3,6H,4H2,(H2,12,13)/t6-/m0/s1. The van der Waals surface area contributed by atoms with Crippen molar-refractivity contribution in [3.63, 3.8) is 0 Å². The lowest BCUT2D eigenvalue weighted by Crippen LogP contribution is -2.26. The van der Waals surface area contributed by atoms with E-state index in [-0.39, 0.29) is 12.0 Å². The zero-order valence-electron chi connectivity index (χ0n) is 6.64. The molecule has 0 radical (unpaired) electrons. The van der Waals surface area contributed by atoms with E-state index >= 15 is 0 Å². The fourth-order valence-electron chi connectivity index (χ4n) is 1.09. The van der Waals surface area contributed by atoms with Gasteiger partial charge in [-0.05, 0) is 6.42 Å². The number of hydrogen-bond donors (Lipinski definition) is 1. The number of carbonyl (C=O) groups excluding carboxylic acids is 1. The van der Waals surface area contributed by atoms with Crippen LogP contribution in [0.25, 0.3) is 0 Å². The summed E-state index contributed by atoms with van der Waals surface area (Å²) in [6.45, 7) is 0. The second-order valence-corrected chi connectivity index (χ2v) is 2.79. The van der Waals surface area contributed by atoms with Crippen LogP contribution in [0.4, 0.5) is 13.2 Å². The Morgan fingerprint density at radius 1 is 1.54 bits per heavy atom. The zero-order chi connectivity index (χ0) is 10.1. The summed E-state index contributed by atoms with van der Waals surface area (Å²) in [7, 11) is 0. The predicted molar refractivity (Wildman–Crippen MR) is 40.6 cm³/mol. The highest BCUT2D eigenvalue weighted by Gasteiger charge is 2.39. The molecule has 2 N–H and O–H groups in total. The van der Waals surface area contributed by atoms with Gasteiger partial charge in [0, 0.05) is 5.57 Å². The van der Waals surface area contributed by atoms with Gasteiger partial charge in [-0.25, -0.2) is 0 Å². The Kier molecular flexibility index (Phi) is 2.45. The van der Waals surface area contributed by atoms with Gasteiger partial charge in [-0.3, -0.25) is 4.79 Å². The minimum atomic E-state index is -4.30. The first-order chi connectivity index (χ1) is 5.91. The number of primary amides is 1. The van der Waals surface area contributed by atoms with Gasteiger partial charge in [-0.1, -0.05) is 18.2 Å². The highest BCUT2D eigenvalue weighted by Crippen LogP contribution is 2.33. The average molecular weight is 191 g/mol. The largest absolute Gasteiger partial charge is 0.395 e. The molecule has 0 saturated carbocycles. The van der Waals surface area contributed by atoms with E-state index in [1.807, 2.05) is 0 Å². The Bertz CT molecular complexity index is 278. The van der Waals surface area contributed by atoms with Crippen molar-refractivity contribution in [1.82, 2.24) is 0 Å². The summed E-state index contributed by atoms with van der Waals surface area (Å²) < 4.78 is 36.4. The molecule has 0 heterocycles. The average Bonchev–Trinajstić information content (AvgIpc) is 2.03. The molecule has 13 heavy (non-hydrogen) atoms. The number of rotatable bonds is 1. The second-order valence-electron chi connectivity index (χ2n) is 2.79. The van der Waals surface area contributed by atoms with Crippen molar-refractivity contribution in [2.75, 3.05) is 0 Å². The van der Waals surface area contributed by atoms with Crippen LogP contribution >= 0.6 is 0 Å². The minimum Gasteiger partial charge on any atom is -0.366 e. The molecule has 0 saturated heterocycles. The van der Waals surface area contributed by atoms with E-state index in [9.17, 15) is 18.0 Å². The Morgan fingerprint density at radius 3 is 2.62 bits per heavy atom. The maximum absolute atomic E-state index is 12.1. The predicted octanol–water partition coefficient (Wildman–Crippen LogP) is 1.54. The smallest absolute Gasteiger partial charge is 0.366 e. The van der Waals surface area contributed by atoms with Crippen LogP contribution in [0.2, 0.25) is 0 Å². The van der Waals surface area contributed by atoms with Gasteiger partial charge in [0.15, 0.2) is 0 Å². The molecule has 0 aromatic rings. The van der Waals surface area contributed by atoms with E-state index < -0.39 is 18.0 Å². The molecule has 1 aliphatic carbocycles. The quantitative estimate of drug-likeness (QED) is 0.671. The number of nitrogens with two attached hydrogens (primary N) is 1. The summed E-state index contributed by atoms with van der Waals surface area (Å²) in [6, 6.07) is 0. The molecule has 5 heteroatoms. The molecule has 2 nitrogen and oxygen atoms in total. The minimum absolute atomic E-state index is 0.0184. The lowest BCUT2D eigenvalue weighted by Gasteiger charge is -2.19. The normalized spacial score (nSPS) is 22.7. The second kappa shape index (κ2) is 3.24. The van der Waals surface area contributed by atoms with Crippen LogP contribution in [0.15, 0.2) is 23.8 Å². The fourth-order valence-corrected chi connectivity index (χ4v) is 1.09. The Labute approximate surface area is 72.9 Å². The van der Waals surface area contributed by atoms with Crippen molar-refractivity contribution in [3.05, 3.63) is 23.8 Å². The topological polar surface area (TPSA) is 43.1 Å². The monoisotopic (exact) mass is 191 g/mol. The van der Waals surface area contributed by atoms with Crippen LogP contribution in [0.3, 0.4) is 0 Å². The van der Waals surface area contributed by atoms with Gasteiger partial charge in [0.1, 0.15) is 0 Å². The maximum Gasteiger partial charge on any atom is 0.395 e. The SMILES string of the molecule is NC(=O)C1=CC=C[C@H](C(F)(F)F)C1. The van der Waals surface area contributed by atoms with Crippen molar-refractivity contribution in [3.8, 4) is 0 Å². The van der Waals surface area contributed by atoms with Crippen LogP contribution in [0.5, 0.6) is 0 Å². The van der Waals surface area contributed by atoms with E-state index in [1.54, 1.807) is 0 Å². The van der Waals surface area contributed by atoms with Gasteiger partial charge in [0.25, 0.3) is 0 Å². The number of alkyl halides is 3. The molecule has 0 aromatic heterocycles. The molecule has 1 amide bonds. The van der Waals surface area contributed by atoms with E-state index in [0.29, 0.717) is 0 Å². The highest BCUT2D eigenvalue weighted by atomic mass is 19.4. The molecule has 1 aliphatic rings. The summed E-state index contributed by atoms with van der Waals surface area (Å²) >= 11 is 0. The molecule has 1 atom stereocenters. The number of carbonyl (C=O) groups is 1. The number of halogens is 3. The molecular formula is C8H8F3NO. The van der Waals surface area contributed by atoms with E-state index in [4.69, 9.17) is 5.73 Å². The number of hydrogen-bond acceptors (Lipinski definition) is 1. The third-order valence-electron chi connectivity index (χ3n) is 1.82. The summed E-state index contributed by atoms with van der Waals surface area (Å²) in [4.78, 5) is 10.6. The zero-order valence-corrected chi connectivity index (χ0v) is 6.64. The lowest BCUT2D eigenvalue weighted by atomic mass is 9.93. The summed E-state index contributed by atoms with van der Waals surface area (Å²) in [5.41, 5.74) is 4.88. The van der Waals surface area contributed by atoms with Crippen LogP contribution in [-0.2, 0) is 4.79 Å².